The van der Waals surface area contributed by atoms with Crippen LogP contribution >= 0.6 is 11.6 Å². The zero-order valence-corrected chi connectivity index (χ0v) is 8.71. The van der Waals surface area contributed by atoms with E-state index in [4.69, 9.17) is 22.9 Å². The van der Waals surface area contributed by atoms with Gasteiger partial charge in [0.25, 0.3) is 0 Å². The van der Waals surface area contributed by atoms with E-state index in [1.807, 2.05) is 6.07 Å². The van der Waals surface area contributed by atoms with Crippen molar-refractivity contribution < 1.29 is 4.74 Å². The quantitative estimate of drug-likeness (QED) is 0.563. The van der Waals surface area contributed by atoms with Crippen molar-refractivity contribution in [2.24, 2.45) is 0 Å². The van der Waals surface area contributed by atoms with Gasteiger partial charge in [-0.25, -0.2) is 11.6 Å². The van der Waals surface area contributed by atoms with E-state index < -0.39 is 0 Å². The smallest absolute Gasteiger partial charge is 0.241 e. The minimum absolute atomic E-state index is 0.350. The topological polar surface area (TPSA) is 26.5 Å². The molecule has 0 spiro atoms. The molecule has 0 atom stereocenters. The van der Waals surface area contributed by atoms with Gasteiger partial charge in [0, 0.05) is 18.4 Å². The van der Waals surface area contributed by atoms with Crippen LogP contribution in [-0.4, -0.2) is 18.0 Å². The fourth-order valence-electron chi connectivity index (χ4n) is 1.16. The highest BCUT2D eigenvalue weighted by atomic mass is 35.5. The lowest BCUT2D eigenvalue weighted by Gasteiger charge is -2.04. The average molecular weight is 211 g/mol. The molecule has 74 valence electrons. The Hall–Kier alpha value is -1.27. The summed E-state index contributed by atoms with van der Waals surface area (Å²) in [6.45, 7) is 7.15. The first-order chi connectivity index (χ1) is 6.81. The lowest BCUT2D eigenvalue weighted by Crippen LogP contribution is -2.00. The van der Waals surface area contributed by atoms with Gasteiger partial charge in [-0.15, -0.1) is 11.6 Å². The zero-order valence-electron chi connectivity index (χ0n) is 7.96. The molecule has 0 amide bonds. The molecule has 14 heavy (non-hydrogen) atoms. The van der Waals surface area contributed by atoms with Crippen molar-refractivity contribution in [3.63, 3.8) is 0 Å². The number of pyridine rings is 1. The Kier molecular flexibility index (Phi) is 4.21. The molecule has 0 aliphatic rings. The van der Waals surface area contributed by atoms with E-state index in [1.54, 1.807) is 13.2 Å². The zero-order chi connectivity index (χ0) is 10.4. The first-order valence-electron chi connectivity index (χ1n) is 4.23. The van der Waals surface area contributed by atoms with E-state index in [2.05, 4.69) is 9.83 Å². The molecule has 1 aromatic heterocycles. The third kappa shape index (κ3) is 2.61. The summed E-state index contributed by atoms with van der Waals surface area (Å²) < 4.78 is 5.00. The Balaban J connectivity index is 2.98. The highest BCUT2D eigenvalue weighted by Gasteiger charge is 2.07. The van der Waals surface area contributed by atoms with Gasteiger partial charge in [-0.2, -0.15) is 0 Å². The second kappa shape index (κ2) is 5.46. The maximum atomic E-state index is 6.80. The molecule has 0 radical (unpaired) electrons. The van der Waals surface area contributed by atoms with Crippen LogP contribution < -0.4 is 4.74 Å². The van der Waals surface area contributed by atoms with Gasteiger partial charge in [-0.1, -0.05) is 0 Å². The molecule has 0 unspecified atom stereocenters. The van der Waals surface area contributed by atoms with Gasteiger partial charge in [0.2, 0.25) is 12.4 Å². The summed E-state index contributed by atoms with van der Waals surface area (Å²) in [6, 6.07) is 3.63. The number of hydrogen-bond acceptors (Lipinski definition) is 2. The molecule has 0 saturated heterocycles. The first-order valence-corrected chi connectivity index (χ1v) is 4.77. The van der Waals surface area contributed by atoms with Crippen molar-refractivity contribution in [2.75, 3.05) is 13.0 Å². The van der Waals surface area contributed by atoms with E-state index in [0.717, 1.165) is 11.3 Å². The highest BCUT2D eigenvalue weighted by molar-refractivity contribution is 6.17. The molecule has 0 aliphatic heterocycles. The molecule has 1 aromatic rings. The average Bonchev–Trinajstić information content (AvgIpc) is 2.21. The summed E-state index contributed by atoms with van der Waals surface area (Å²) in [6.07, 6.45) is 0.670. The highest BCUT2D eigenvalue weighted by Crippen LogP contribution is 2.14. The van der Waals surface area contributed by atoms with Crippen molar-refractivity contribution in [2.45, 2.75) is 13.0 Å². The Morgan fingerprint density at radius 2 is 2.36 bits per heavy atom. The molecule has 0 aliphatic carbocycles. The fraction of sp³-hybridized carbons (Fsp3) is 0.400. The number of halogens is 1. The predicted octanol–water partition coefficient (Wildman–Crippen LogP) is 2.29. The number of aryl methyl sites for hydroxylation is 1. The van der Waals surface area contributed by atoms with E-state index >= 15 is 0 Å². The number of alkyl halides is 1. The van der Waals surface area contributed by atoms with Gasteiger partial charge in [0.15, 0.2) is 0 Å². The van der Waals surface area contributed by atoms with Gasteiger partial charge in [0.1, 0.15) is 0 Å². The van der Waals surface area contributed by atoms with Gasteiger partial charge in [-0.05, 0) is 6.07 Å². The van der Waals surface area contributed by atoms with Crippen molar-refractivity contribution in [3.8, 4) is 5.88 Å². The number of nitrogens with zero attached hydrogens (tertiary/aromatic N) is 2. The standard InChI is InChI=1S/C10H11ClN2O/c1-12-7-8-3-4-10(14-2)13-9(8)5-6-11/h3-4H,5-7H2,2H3. The van der Waals surface area contributed by atoms with Gasteiger partial charge < -0.3 is 9.58 Å². The molecule has 1 rings (SSSR count). The lowest BCUT2D eigenvalue weighted by atomic mass is 10.1. The third-order valence-electron chi connectivity index (χ3n) is 1.83. The van der Waals surface area contributed by atoms with Gasteiger partial charge in [0.05, 0.1) is 18.4 Å². The van der Waals surface area contributed by atoms with Gasteiger partial charge in [-0.3, -0.25) is 0 Å². The summed E-state index contributed by atoms with van der Waals surface area (Å²) in [5.41, 5.74) is 1.79. The Morgan fingerprint density at radius 1 is 1.57 bits per heavy atom. The molecule has 0 bridgehead atoms. The molecule has 0 saturated carbocycles. The van der Waals surface area contributed by atoms with Crippen LogP contribution in [0, 0.1) is 6.57 Å². The first kappa shape index (κ1) is 10.8. The van der Waals surface area contributed by atoms with E-state index in [1.165, 1.54) is 0 Å². The largest absolute Gasteiger partial charge is 0.481 e. The molecule has 0 N–H and O–H groups in total. The minimum atomic E-state index is 0.350. The molecular formula is C10H11ClN2O. The number of ether oxygens (including phenoxy) is 1. The number of methoxy groups -OCH3 is 1. The van der Waals surface area contributed by atoms with E-state index in [-0.39, 0.29) is 0 Å². The fourth-order valence-corrected chi connectivity index (χ4v) is 1.34. The Bertz CT molecular complexity index is 346. The monoisotopic (exact) mass is 210 g/mol. The Morgan fingerprint density at radius 3 is 2.93 bits per heavy atom. The number of aromatic nitrogens is 1. The van der Waals surface area contributed by atoms with E-state index in [0.29, 0.717) is 24.7 Å². The number of hydrogen-bond donors (Lipinski definition) is 0. The summed E-state index contributed by atoms with van der Waals surface area (Å²) in [4.78, 5) is 7.58. The summed E-state index contributed by atoms with van der Waals surface area (Å²) in [5, 5.41) is 0. The molecule has 1 heterocycles. The van der Waals surface area contributed by atoms with Crippen molar-refractivity contribution in [1.29, 1.82) is 0 Å². The van der Waals surface area contributed by atoms with Crippen molar-refractivity contribution in [3.05, 3.63) is 34.8 Å². The van der Waals surface area contributed by atoms with Crippen LogP contribution in [0.1, 0.15) is 11.3 Å². The molecule has 4 heteroatoms. The minimum Gasteiger partial charge on any atom is -0.481 e. The van der Waals surface area contributed by atoms with Crippen molar-refractivity contribution >= 4 is 11.6 Å². The third-order valence-corrected chi connectivity index (χ3v) is 2.02. The molecule has 3 nitrogen and oxygen atoms in total. The number of rotatable bonds is 4. The normalized spacial score (nSPS) is 9.50. The van der Waals surface area contributed by atoms with Crippen LogP contribution in [0.15, 0.2) is 12.1 Å². The summed E-state index contributed by atoms with van der Waals surface area (Å²) in [7, 11) is 1.57. The van der Waals surface area contributed by atoms with Crippen molar-refractivity contribution in [1.82, 2.24) is 4.98 Å². The van der Waals surface area contributed by atoms with Crippen LogP contribution in [0.3, 0.4) is 0 Å². The second-order valence-electron chi connectivity index (χ2n) is 2.71. The SMILES string of the molecule is [C-]#[N+]Cc1ccc(OC)nc1CCCl. The van der Waals surface area contributed by atoms with Crippen LogP contribution in [-0.2, 0) is 13.0 Å². The van der Waals surface area contributed by atoms with Crippen LogP contribution in [0.2, 0.25) is 0 Å². The summed E-state index contributed by atoms with van der Waals surface area (Å²) >= 11 is 5.65. The maximum absolute atomic E-state index is 6.80. The molecular weight excluding hydrogens is 200 g/mol. The van der Waals surface area contributed by atoms with Gasteiger partial charge >= 0.3 is 0 Å². The van der Waals surface area contributed by atoms with E-state index in [9.17, 15) is 0 Å². The van der Waals surface area contributed by atoms with Crippen LogP contribution in [0.5, 0.6) is 5.88 Å². The predicted molar refractivity (Wildman–Crippen MR) is 55.5 cm³/mol. The second-order valence-corrected chi connectivity index (χ2v) is 3.09. The molecule has 0 aromatic carbocycles. The van der Waals surface area contributed by atoms with Crippen LogP contribution in [0.4, 0.5) is 0 Å². The molecule has 0 fully saturated rings. The summed E-state index contributed by atoms with van der Waals surface area (Å²) in [5.74, 6) is 1.07. The lowest BCUT2D eigenvalue weighted by molar-refractivity contribution is 0.396. The van der Waals surface area contributed by atoms with Crippen LogP contribution in [0.25, 0.3) is 4.85 Å². The Labute approximate surface area is 88.5 Å². The maximum Gasteiger partial charge on any atom is 0.241 e.